The molecule has 1 unspecified atom stereocenters. The summed E-state index contributed by atoms with van der Waals surface area (Å²) in [6.45, 7) is 2.46. The average molecular weight is 305 g/mol. The third-order valence-corrected chi connectivity index (χ3v) is 4.03. The lowest BCUT2D eigenvalue weighted by molar-refractivity contribution is 0.102. The number of hydrogen-bond donors (Lipinski definition) is 2. The molecule has 21 heavy (non-hydrogen) atoms. The van der Waals surface area contributed by atoms with Gasteiger partial charge in [0, 0.05) is 18.2 Å². The van der Waals surface area contributed by atoms with E-state index in [9.17, 15) is 4.79 Å². The summed E-state index contributed by atoms with van der Waals surface area (Å²) in [4.78, 5) is 16.5. The van der Waals surface area contributed by atoms with Crippen molar-refractivity contribution in [2.75, 3.05) is 19.0 Å². The molecule has 0 radical (unpaired) electrons. The van der Waals surface area contributed by atoms with Crippen molar-refractivity contribution in [3.05, 3.63) is 45.9 Å². The molecule has 0 aliphatic heterocycles. The summed E-state index contributed by atoms with van der Waals surface area (Å²) < 4.78 is 5.08. The first-order chi connectivity index (χ1) is 10.1. The smallest absolute Gasteiger partial charge is 0.275 e. The molecule has 0 fully saturated rings. The van der Waals surface area contributed by atoms with E-state index in [1.807, 2.05) is 31.2 Å². The maximum Gasteiger partial charge on any atom is 0.275 e. The van der Waals surface area contributed by atoms with Gasteiger partial charge in [-0.05, 0) is 25.0 Å². The number of methoxy groups -OCH3 is 1. The van der Waals surface area contributed by atoms with Crippen LogP contribution in [0.2, 0.25) is 0 Å². The summed E-state index contributed by atoms with van der Waals surface area (Å²) in [5, 5.41) is 5.38. The molecule has 112 valence electrons. The van der Waals surface area contributed by atoms with Crippen molar-refractivity contribution in [1.82, 2.24) is 4.98 Å². The second-order valence-corrected chi connectivity index (χ2v) is 5.60. The molecule has 1 atom stereocenters. The zero-order valence-corrected chi connectivity index (χ0v) is 12.9. The normalized spacial score (nSPS) is 12.1. The molecule has 1 aromatic heterocycles. The number of thiazole rings is 1. The highest BCUT2D eigenvalue weighted by Gasteiger charge is 2.14. The standard InChI is InChI=1S/C15H19N3O2S/c1-10(16)15-18-13(9-21-15)14(19)17-12-6-4-3-5-11(12)7-8-20-2/h3-6,9-10H,7-8,16H2,1-2H3,(H,17,19). The van der Waals surface area contributed by atoms with Gasteiger partial charge in [-0.3, -0.25) is 4.79 Å². The highest BCUT2D eigenvalue weighted by Crippen LogP contribution is 2.19. The van der Waals surface area contributed by atoms with Crippen LogP contribution in [0.25, 0.3) is 0 Å². The van der Waals surface area contributed by atoms with Crippen molar-refractivity contribution in [2.45, 2.75) is 19.4 Å². The lowest BCUT2D eigenvalue weighted by atomic mass is 10.1. The van der Waals surface area contributed by atoms with E-state index < -0.39 is 0 Å². The zero-order chi connectivity index (χ0) is 15.2. The van der Waals surface area contributed by atoms with Gasteiger partial charge in [-0.15, -0.1) is 11.3 Å². The number of hydrogen-bond acceptors (Lipinski definition) is 5. The molecule has 2 aromatic rings. The number of carbonyl (C=O) groups is 1. The number of carbonyl (C=O) groups excluding carboxylic acids is 1. The van der Waals surface area contributed by atoms with Gasteiger partial charge in [0.2, 0.25) is 0 Å². The Hall–Kier alpha value is -1.76. The van der Waals surface area contributed by atoms with Crippen molar-refractivity contribution >= 4 is 22.9 Å². The second kappa shape index (κ2) is 7.31. The number of benzene rings is 1. The number of nitrogens with one attached hydrogen (secondary N) is 1. The molecule has 3 N–H and O–H groups in total. The van der Waals surface area contributed by atoms with Gasteiger partial charge in [-0.25, -0.2) is 4.98 Å². The largest absolute Gasteiger partial charge is 0.384 e. The van der Waals surface area contributed by atoms with Crippen LogP contribution >= 0.6 is 11.3 Å². The quantitative estimate of drug-likeness (QED) is 0.860. The molecule has 0 saturated heterocycles. The Morgan fingerprint density at radius 1 is 1.48 bits per heavy atom. The Labute approximate surface area is 128 Å². The van der Waals surface area contributed by atoms with Crippen molar-refractivity contribution in [1.29, 1.82) is 0 Å². The van der Waals surface area contributed by atoms with Crippen molar-refractivity contribution < 1.29 is 9.53 Å². The summed E-state index contributed by atoms with van der Waals surface area (Å²) in [7, 11) is 1.66. The first-order valence-electron chi connectivity index (χ1n) is 6.71. The molecule has 0 spiro atoms. The van der Waals surface area contributed by atoms with E-state index in [0.29, 0.717) is 12.3 Å². The van der Waals surface area contributed by atoms with Crippen LogP contribution in [0.15, 0.2) is 29.6 Å². The van der Waals surface area contributed by atoms with Crippen LogP contribution in [0.4, 0.5) is 5.69 Å². The van der Waals surface area contributed by atoms with Gasteiger partial charge < -0.3 is 15.8 Å². The molecule has 2 rings (SSSR count). The van der Waals surface area contributed by atoms with Gasteiger partial charge in [0.1, 0.15) is 10.7 Å². The summed E-state index contributed by atoms with van der Waals surface area (Å²) in [6, 6.07) is 7.52. The van der Waals surface area contributed by atoms with Crippen LogP contribution in [-0.2, 0) is 11.2 Å². The van der Waals surface area contributed by atoms with Crippen molar-refractivity contribution in [2.24, 2.45) is 5.73 Å². The van der Waals surface area contributed by atoms with Gasteiger partial charge >= 0.3 is 0 Å². The van der Waals surface area contributed by atoms with Gasteiger partial charge in [0.25, 0.3) is 5.91 Å². The first-order valence-corrected chi connectivity index (χ1v) is 7.59. The van der Waals surface area contributed by atoms with E-state index in [-0.39, 0.29) is 11.9 Å². The topological polar surface area (TPSA) is 77.2 Å². The minimum Gasteiger partial charge on any atom is -0.384 e. The van der Waals surface area contributed by atoms with Crippen molar-refractivity contribution in [3.8, 4) is 0 Å². The van der Waals surface area contributed by atoms with E-state index in [1.165, 1.54) is 11.3 Å². The van der Waals surface area contributed by atoms with Crippen LogP contribution in [0.3, 0.4) is 0 Å². The average Bonchev–Trinajstić information content (AvgIpc) is 2.96. The van der Waals surface area contributed by atoms with E-state index >= 15 is 0 Å². The van der Waals surface area contributed by atoms with Crippen LogP contribution in [0, 0.1) is 0 Å². The predicted octanol–water partition coefficient (Wildman–Crippen LogP) is 2.60. The molecule has 0 saturated carbocycles. The maximum atomic E-state index is 12.2. The minimum atomic E-state index is -0.219. The van der Waals surface area contributed by atoms with E-state index in [2.05, 4.69) is 10.3 Å². The SMILES string of the molecule is COCCc1ccccc1NC(=O)c1csc(C(C)N)n1. The third kappa shape index (κ3) is 4.10. The van der Waals surface area contributed by atoms with Gasteiger partial charge in [0.15, 0.2) is 0 Å². The van der Waals surface area contributed by atoms with Gasteiger partial charge in [-0.2, -0.15) is 0 Å². The summed E-state index contributed by atoms with van der Waals surface area (Å²) >= 11 is 1.40. The Morgan fingerprint density at radius 2 is 2.24 bits per heavy atom. The lowest BCUT2D eigenvalue weighted by Crippen LogP contribution is -2.15. The number of para-hydroxylation sites is 1. The Balaban J connectivity index is 2.11. The number of rotatable bonds is 6. The monoisotopic (exact) mass is 305 g/mol. The molecule has 1 amide bonds. The number of aromatic nitrogens is 1. The third-order valence-electron chi connectivity index (χ3n) is 2.99. The van der Waals surface area contributed by atoms with Crippen molar-refractivity contribution in [3.63, 3.8) is 0 Å². The van der Waals surface area contributed by atoms with E-state index in [1.54, 1.807) is 12.5 Å². The number of nitrogens with zero attached hydrogens (tertiary/aromatic N) is 1. The Kier molecular flexibility index (Phi) is 5.44. The highest BCUT2D eigenvalue weighted by atomic mass is 32.1. The fourth-order valence-corrected chi connectivity index (χ4v) is 2.62. The second-order valence-electron chi connectivity index (χ2n) is 4.71. The predicted molar refractivity (Wildman–Crippen MR) is 84.7 cm³/mol. The summed E-state index contributed by atoms with van der Waals surface area (Å²) in [5.41, 5.74) is 7.98. The summed E-state index contributed by atoms with van der Waals surface area (Å²) in [6.07, 6.45) is 0.745. The maximum absolute atomic E-state index is 12.2. The van der Waals surface area contributed by atoms with Gasteiger partial charge in [-0.1, -0.05) is 18.2 Å². The molecule has 6 heteroatoms. The molecule has 0 aliphatic rings. The van der Waals surface area contributed by atoms with Crippen LogP contribution in [0.5, 0.6) is 0 Å². The molecule has 5 nitrogen and oxygen atoms in total. The van der Waals surface area contributed by atoms with E-state index in [0.717, 1.165) is 22.7 Å². The molecule has 1 aromatic carbocycles. The molecule has 1 heterocycles. The van der Waals surface area contributed by atoms with Crippen LogP contribution < -0.4 is 11.1 Å². The minimum absolute atomic E-state index is 0.162. The number of ether oxygens (including phenoxy) is 1. The molecular formula is C15H19N3O2S. The zero-order valence-electron chi connectivity index (χ0n) is 12.1. The Morgan fingerprint density at radius 3 is 2.90 bits per heavy atom. The summed E-state index contributed by atoms with van der Waals surface area (Å²) in [5.74, 6) is -0.219. The number of anilines is 1. The fraction of sp³-hybridized carbons (Fsp3) is 0.333. The molecule has 0 aliphatic carbocycles. The molecular weight excluding hydrogens is 286 g/mol. The first kappa shape index (κ1) is 15.6. The van der Waals surface area contributed by atoms with Crippen LogP contribution in [0.1, 0.15) is 34.0 Å². The molecule has 0 bridgehead atoms. The Bertz CT molecular complexity index is 610. The number of amides is 1. The highest BCUT2D eigenvalue weighted by molar-refractivity contribution is 7.09. The van der Waals surface area contributed by atoms with Crippen LogP contribution in [-0.4, -0.2) is 24.6 Å². The fourth-order valence-electron chi connectivity index (χ4n) is 1.86. The van der Waals surface area contributed by atoms with Gasteiger partial charge in [0.05, 0.1) is 12.6 Å². The van der Waals surface area contributed by atoms with E-state index in [4.69, 9.17) is 10.5 Å². The number of nitrogens with two attached hydrogens (primary N) is 1. The lowest BCUT2D eigenvalue weighted by Gasteiger charge is -2.09.